The molecule has 0 radical (unpaired) electrons. The van der Waals surface area contributed by atoms with Crippen molar-refractivity contribution >= 4 is 11.8 Å². The number of amides is 2. The smallest absolute Gasteiger partial charge is 0.253 e. The van der Waals surface area contributed by atoms with Gasteiger partial charge < -0.3 is 19.3 Å². The van der Waals surface area contributed by atoms with Crippen LogP contribution in [0.3, 0.4) is 0 Å². The molecule has 3 fully saturated rings. The summed E-state index contributed by atoms with van der Waals surface area (Å²) in [7, 11) is 1.85. The molecule has 1 atom stereocenters. The van der Waals surface area contributed by atoms with Gasteiger partial charge >= 0.3 is 0 Å². The van der Waals surface area contributed by atoms with Gasteiger partial charge in [-0.25, -0.2) is 0 Å². The van der Waals surface area contributed by atoms with Crippen LogP contribution in [0.1, 0.15) is 61.7 Å². The van der Waals surface area contributed by atoms with Gasteiger partial charge in [0, 0.05) is 57.6 Å². The first kappa shape index (κ1) is 21.2. The van der Waals surface area contributed by atoms with Crippen molar-refractivity contribution in [1.29, 1.82) is 0 Å². The minimum atomic E-state index is 0.0317. The van der Waals surface area contributed by atoms with Crippen molar-refractivity contribution in [3.63, 3.8) is 0 Å². The Morgan fingerprint density at radius 1 is 1.07 bits per heavy atom. The van der Waals surface area contributed by atoms with Gasteiger partial charge in [0.25, 0.3) is 5.91 Å². The Balaban J connectivity index is 1.21. The molecule has 2 saturated heterocycles. The SMILES string of the molecule is CN(CC[C@@H]1CCCCO1)C(=O)c1ccc(OC2CCN(C(=O)C3CC3)CC2)cc1. The highest BCUT2D eigenvalue weighted by atomic mass is 16.5. The Hall–Kier alpha value is -2.08. The van der Waals surface area contributed by atoms with Gasteiger partial charge in [0.2, 0.25) is 5.91 Å². The molecule has 164 valence electrons. The van der Waals surface area contributed by atoms with E-state index in [9.17, 15) is 9.59 Å². The van der Waals surface area contributed by atoms with E-state index < -0.39 is 0 Å². The predicted molar refractivity (Wildman–Crippen MR) is 115 cm³/mol. The van der Waals surface area contributed by atoms with Gasteiger partial charge in [0.15, 0.2) is 0 Å². The summed E-state index contributed by atoms with van der Waals surface area (Å²) in [4.78, 5) is 28.6. The molecule has 1 aromatic carbocycles. The van der Waals surface area contributed by atoms with Gasteiger partial charge in [-0.3, -0.25) is 9.59 Å². The molecule has 30 heavy (non-hydrogen) atoms. The average Bonchev–Trinajstić information content (AvgIpc) is 3.64. The number of hydrogen-bond acceptors (Lipinski definition) is 4. The molecule has 2 aliphatic heterocycles. The lowest BCUT2D eigenvalue weighted by molar-refractivity contribution is -0.134. The van der Waals surface area contributed by atoms with Crippen molar-refractivity contribution in [2.45, 2.75) is 63.6 Å². The van der Waals surface area contributed by atoms with Gasteiger partial charge in [-0.05, 0) is 62.8 Å². The predicted octanol–water partition coefficient (Wildman–Crippen LogP) is 3.50. The largest absolute Gasteiger partial charge is 0.490 e. The summed E-state index contributed by atoms with van der Waals surface area (Å²) in [6, 6.07) is 7.45. The van der Waals surface area contributed by atoms with E-state index in [1.807, 2.05) is 36.2 Å². The highest BCUT2D eigenvalue weighted by Gasteiger charge is 2.35. The lowest BCUT2D eigenvalue weighted by Gasteiger charge is -2.32. The number of likely N-dealkylation sites (tertiary alicyclic amines) is 1. The van der Waals surface area contributed by atoms with E-state index in [4.69, 9.17) is 9.47 Å². The van der Waals surface area contributed by atoms with Crippen molar-refractivity contribution < 1.29 is 19.1 Å². The van der Waals surface area contributed by atoms with Crippen LogP contribution in [0.4, 0.5) is 0 Å². The second kappa shape index (κ2) is 9.82. The molecule has 1 aliphatic carbocycles. The number of ether oxygens (including phenoxy) is 2. The zero-order chi connectivity index (χ0) is 20.9. The molecule has 0 bridgehead atoms. The molecule has 2 amide bonds. The fraction of sp³-hybridized carbons (Fsp3) is 0.667. The van der Waals surface area contributed by atoms with Crippen LogP contribution in [-0.4, -0.2) is 67.1 Å². The molecule has 1 aromatic rings. The summed E-state index contributed by atoms with van der Waals surface area (Å²) in [6.07, 6.45) is 8.64. The van der Waals surface area contributed by atoms with Gasteiger partial charge in [-0.15, -0.1) is 0 Å². The first-order valence-electron chi connectivity index (χ1n) is 11.5. The number of carbonyl (C=O) groups is 2. The Bertz CT molecular complexity index is 717. The van der Waals surface area contributed by atoms with Crippen LogP contribution in [0.15, 0.2) is 24.3 Å². The van der Waals surface area contributed by atoms with E-state index in [0.717, 1.165) is 70.4 Å². The molecule has 0 spiro atoms. The van der Waals surface area contributed by atoms with E-state index in [1.165, 1.54) is 6.42 Å². The Labute approximate surface area is 179 Å². The first-order valence-corrected chi connectivity index (χ1v) is 11.5. The van der Waals surface area contributed by atoms with Crippen LogP contribution in [0.2, 0.25) is 0 Å². The zero-order valence-electron chi connectivity index (χ0n) is 18.1. The molecule has 3 aliphatic rings. The Kier molecular flexibility index (Phi) is 6.93. The molecule has 0 N–H and O–H groups in total. The van der Waals surface area contributed by atoms with Gasteiger partial charge in [0.05, 0.1) is 6.10 Å². The highest BCUT2D eigenvalue weighted by molar-refractivity contribution is 5.94. The van der Waals surface area contributed by atoms with Crippen molar-refractivity contribution in [3.05, 3.63) is 29.8 Å². The summed E-state index contributed by atoms with van der Waals surface area (Å²) in [5.74, 6) is 1.44. The van der Waals surface area contributed by atoms with Crippen LogP contribution >= 0.6 is 0 Å². The molecule has 2 heterocycles. The van der Waals surface area contributed by atoms with E-state index in [0.29, 0.717) is 23.9 Å². The molecule has 6 nitrogen and oxygen atoms in total. The van der Waals surface area contributed by atoms with Crippen molar-refractivity contribution in [2.75, 3.05) is 33.3 Å². The summed E-state index contributed by atoms with van der Waals surface area (Å²) >= 11 is 0. The van der Waals surface area contributed by atoms with Crippen LogP contribution in [0, 0.1) is 5.92 Å². The number of rotatable bonds is 7. The summed E-state index contributed by atoms with van der Waals surface area (Å²) in [6.45, 7) is 3.12. The first-order chi connectivity index (χ1) is 14.6. The molecule has 1 saturated carbocycles. The topological polar surface area (TPSA) is 59.1 Å². The minimum Gasteiger partial charge on any atom is -0.490 e. The van der Waals surface area contributed by atoms with E-state index >= 15 is 0 Å². The highest BCUT2D eigenvalue weighted by Crippen LogP contribution is 2.32. The zero-order valence-corrected chi connectivity index (χ0v) is 18.1. The fourth-order valence-corrected chi connectivity index (χ4v) is 4.35. The number of nitrogens with zero attached hydrogens (tertiary/aromatic N) is 2. The maximum Gasteiger partial charge on any atom is 0.253 e. The maximum absolute atomic E-state index is 12.7. The third kappa shape index (κ3) is 5.54. The minimum absolute atomic E-state index is 0.0317. The Morgan fingerprint density at radius 3 is 2.43 bits per heavy atom. The standard InChI is InChI=1S/C24H34N2O4/c1-25(14-11-20-4-2-3-17-29-20)23(27)18-7-9-21(10-8-18)30-22-12-15-26(16-13-22)24(28)19-5-6-19/h7-10,19-20,22H,2-6,11-17H2,1H3/t20-/m0/s1. The second-order valence-electron chi connectivity index (χ2n) is 8.95. The van der Waals surface area contributed by atoms with Gasteiger partial charge in [-0.1, -0.05) is 0 Å². The summed E-state index contributed by atoms with van der Waals surface area (Å²) in [5, 5.41) is 0. The van der Waals surface area contributed by atoms with E-state index in [1.54, 1.807) is 4.90 Å². The van der Waals surface area contributed by atoms with Crippen molar-refractivity contribution in [3.8, 4) is 5.75 Å². The van der Waals surface area contributed by atoms with Crippen molar-refractivity contribution in [1.82, 2.24) is 9.80 Å². The molecular weight excluding hydrogens is 380 g/mol. The third-order valence-corrected chi connectivity index (χ3v) is 6.49. The summed E-state index contributed by atoms with van der Waals surface area (Å²) < 4.78 is 11.9. The Morgan fingerprint density at radius 2 is 1.80 bits per heavy atom. The van der Waals surface area contributed by atoms with Crippen LogP contribution in [0.25, 0.3) is 0 Å². The molecule has 0 aromatic heterocycles. The molecule has 6 heteroatoms. The van der Waals surface area contributed by atoms with Crippen molar-refractivity contribution in [2.24, 2.45) is 5.92 Å². The molecule has 4 rings (SSSR count). The van der Waals surface area contributed by atoms with Crippen LogP contribution in [0.5, 0.6) is 5.75 Å². The lowest BCUT2D eigenvalue weighted by atomic mass is 10.1. The summed E-state index contributed by atoms with van der Waals surface area (Å²) in [5.41, 5.74) is 0.680. The van der Waals surface area contributed by atoms with Crippen LogP contribution in [-0.2, 0) is 9.53 Å². The molecular formula is C24H34N2O4. The molecule has 0 unspecified atom stereocenters. The van der Waals surface area contributed by atoms with Crippen LogP contribution < -0.4 is 4.74 Å². The third-order valence-electron chi connectivity index (χ3n) is 6.49. The monoisotopic (exact) mass is 414 g/mol. The quantitative estimate of drug-likeness (QED) is 0.685. The number of piperidine rings is 1. The fourth-order valence-electron chi connectivity index (χ4n) is 4.35. The maximum atomic E-state index is 12.7. The normalized spacial score (nSPS) is 22.6. The van der Waals surface area contributed by atoms with E-state index in [2.05, 4.69) is 0 Å². The number of carbonyl (C=O) groups excluding carboxylic acids is 2. The lowest BCUT2D eigenvalue weighted by Crippen LogP contribution is -2.42. The van der Waals surface area contributed by atoms with E-state index in [-0.39, 0.29) is 18.1 Å². The number of hydrogen-bond donors (Lipinski definition) is 0. The average molecular weight is 415 g/mol. The van der Waals surface area contributed by atoms with Gasteiger partial charge in [-0.2, -0.15) is 0 Å². The second-order valence-corrected chi connectivity index (χ2v) is 8.95. The van der Waals surface area contributed by atoms with Gasteiger partial charge in [0.1, 0.15) is 11.9 Å². The number of benzene rings is 1.